The van der Waals surface area contributed by atoms with Crippen LogP contribution < -0.4 is 5.32 Å². The lowest BCUT2D eigenvalue weighted by Crippen LogP contribution is -2.15. The minimum Gasteiger partial charge on any atom is -0.462 e. The van der Waals surface area contributed by atoms with Crippen molar-refractivity contribution < 1.29 is 19.1 Å². The van der Waals surface area contributed by atoms with Gasteiger partial charge in [0.1, 0.15) is 0 Å². The Balaban J connectivity index is 2.91. The first-order valence-electron chi connectivity index (χ1n) is 4.80. The molecule has 0 saturated heterocycles. The maximum atomic E-state index is 11.5. The summed E-state index contributed by atoms with van der Waals surface area (Å²) in [6.07, 6.45) is -0.628. The topological polar surface area (TPSA) is 64.6 Å². The van der Waals surface area contributed by atoms with Crippen molar-refractivity contribution in [1.29, 1.82) is 0 Å². The third-order valence-corrected chi connectivity index (χ3v) is 1.84. The zero-order valence-corrected chi connectivity index (χ0v) is 9.15. The number of ether oxygens (including phenoxy) is 2. The summed E-state index contributed by atoms with van der Waals surface area (Å²) in [5.41, 5.74) is 0.669. The lowest BCUT2D eigenvalue weighted by molar-refractivity contribution is 0.0527. The molecule has 0 saturated carbocycles. The average molecular weight is 223 g/mol. The van der Waals surface area contributed by atoms with E-state index >= 15 is 0 Å². The molecule has 0 aromatic heterocycles. The van der Waals surface area contributed by atoms with Gasteiger partial charge in [-0.25, -0.2) is 9.59 Å². The summed E-state index contributed by atoms with van der Waals surface area (Å²) in [4.78, 5) is 22.5. The molecule has 0 aliphatic heterocycles. The van der Waals surface area contributed by atoms with E-state index in [0.717, 1.165) is 0 Å². The molecule has 1 N–H and O–H groups in total. The van der Waals surface area contributed by atoms with Gasteiger partial charge in [0.15, 0.2) is 0 Å². The highest BCUT2D eigenvalue weighted by molar-refractivity contribution is 5.99. The van der Waals surface area contributed by atoms with Gasteiger partial charge in [0.05, 0.1) is 25.0 Å². The first kappa shape index (κ1) is 12.0. The van der Waals surface area contributed by atoms with Gasteiger partial charge in [0.2, 0.25) is 0 Å². The van der Waals surface area contributed by atoms with E-state index in [0.29, 0.717) is 11.3 Å². The van der Waals surface area contributed by atoms with Crippen LogP contribution in [0.1, 0.15) is 17.3 Å². The summed E-state index contributed by atoms with van der Waals surface area (Å²) < 4.78 is 9.30. The van der Waals surface area contributed by atoms with Crippen molar-refractivity contribution in [3.63, 3.8) is 0 Å². The highest BCUT2D eigenvalue weighted by atomic mass is 16.5. The molecule has 1 amide bonds. The molecular weight excluding hydrogens is 210 g/mol. The minimum atomic E-state index is -0.628. The van der Waals surface area contributed by atoms with E-state index in [9.17, 15) is 9.59 Å². The third-order valence-electron chi connectivity index (χ3n) is 1.84. The summed E-state index contributed by atoms with van der Waals surface area (Å²) in [5, 5.41) is 2.44. The van der Waals surface area contributed by atoms with Gasteiger partial charge >= 0.3 is 12.1 Å². The average Bonchev–Trinajstić information content (AvgIpc) is 2.30. The molecule has 1 rings (SSSR count). The Labute approximate surface area is 93.4 Å². The molecule has 0 fully saturated rings. The number of carbonyl (C=O) groups is 2. The first-order chi connectivity index (χ1) is 7.69. The fourth-order valence-electron chi connectivity index (χ4n) is 1.14. The number of amides is 1. The summed E-state index contributed by atoms with van der Waals surface area (Å²) in [6.45, 7) is 2.00. The van der Waals surface area contributed by atoms with E-state index in [1.165, 1.54) is 7.11 Å². The number of rotatable bonds is 3. The van der Waals surface area contributed by atoms with Crippen LogP contribution in [0.2, 0.25) is 0 Å². The van der Waals surface area contributed by atoms with Crippen molar-refractivity contribution in [2.75, 3.05) is 19.0 Å². The number of hydrogen-bond donors (Lipinski definition) is 1. The van der Waals surface area contributed by atoms with Crippen LogP contribution in [0.3, 0.4) is 0 Å². The zero-order chi connectivity index (χ0) is 12.0. The Morgan fingerprint density at radius 2 is 2.00 bits per heavy atom. The molecule has 0 heterocycles. The number of esters is 1. The van der Waals surface area contributed by atoms with E-state index in [2.05, 4.69) is 10.1 Å². The van der Waals surface area contributed by atoms with Crippen LogP contribution in [0.4, 0.5) is 10.5 Å². The summed E-state index contributed by atoms with van der Waals surface area (Å²) in [6, 6.07) is 6.56. The molecule has 0 unspecified atom stereocenters. The SMILES string of the molecule is CCOC(=O)c1ccccc1NC(=O)OC. The van der Waals surface area contributed by atoms with Gasteiger partial charge in [0.25, 0.3) is 0 Å². The molecule has 0 aliphatic carbocycles. The van der Waals surface area contributed by atoms with Crippen molar-refractivity contribution >= 4 is 17.7 Å². The molecule has 1 aromatic carbocycles. The Morgan fingerprint density at radius 1 is 1.31 bits per heavy atom. The molecule has 5 nitrogen and oxygen atoms in total. The van der Waals surface area contributed by atoms with Gasteiger partial charge in [-0.05, 0) is 19.1 Å². The van der Waals surface area contributed by atoms with Gasteiger partial charge in [-0.2, -0.15) is 0 Å². The maximum Gasteiger partial charge on any atom is 0.411 e. The Hall–Kier alpha value is -2.04. The number of para-hydroxylation sites is 1. The van der Waals surface area contributed by atoms with Gasteiger partial charge in [-0.3, -0.25) is 5.32 Å². The lowest BCUT2D eigenvalue weighted by Gasteiger charge is -2.08. The van der Waals surface area contributed by atoms with E-state index in [1.54, 1.807) is 31.2 Å². The number of methoxy groups -OCH3 is 1. The van der Waals surface area contributed by atoms with Gasteiger partial charge < -0.3 is 9.47 Å². The molecule has 0 atom stereocenters. The van der Waals surface area contributed by atoms with Crippen LogP contribution >= 0.6 is 0 Å². The molecule has 0 radical (unpaired) electrons. The van der Waals surface area contributed by atoms with Gasteiger partial charge in [0, 0.05) is 0 Å². The van der Waals surface area contributed by atoms with E-state index in [-0.39, 0.29) is 6.61 Å². The summed E-state index contributed by atoms with van der Waals surface area (Å²) in [5.74, 6) is -0.477. The summed E-state index contributed by atoms with van der Waals surface area (Å²) in [7, 11) is 1.25. The van der Waals surface area contributed by atoms with E-state index in [4.69, 9.17) is 4.74 Å². The van der Waals surface area contributed by atoms with Crippen molar-refractivity contribution in [3.8, 4) is 0 Å². The minimum absolute atomic E-state index is 0.283. The van der Waals surface area contributed by atoms with Crippen LogP contribution in [0.25, 0.3) is 0 Å². The Bertz CT molecular complexity index is 389. The predicted molar refractivity (Wildman–Crippen MR) is 58.4 cm³/mol. The quantitative estimate of drug-likeness (QED) is 0.796. The molecule has 1 aromatic rings. The molecular formula is C11H13NO4. The van der Waals surface area contributed by atoms with Crippen LogP contribution in [-0.2, 0) is 9.47 Å². The fraction of sp³-hybridized carbons (Fsp3) is 0.273. The van der Waals surface area contributed by atoms with Crippen molar-refractivity contribution in [3.05, 3.63) is 29.8 Å². The molecule has 16 heavy (non-hydrogen) atoms. The van der Waals surface area contributed by atoms with Crippen LogP contribution in [-0.4, -0.2) is 25.8 Å². The van der Waals surface area contributed by atoms with Crippen molar-refractivity contribution in [2.45, 2.75) is 6.92 Å². The van der Waals surface area contributed by atoms with E-state index in [1.807, 2.05) is 0 Å². The van der Waals surface area contributed by atoms with Gasteiger partial charge in [-0.1, -0.05) is 12.1 Å². The fourth-order valence-corrected chi connectivity index (χ4v) is 1.14. The third kappa shape index (κ3) is 2.98. The van der Waals surface area contributed by atoms with E-state index < -0.39 is 12.1 Å². The second-order valence-corrected chi connectivity index (χ2v) is 2.88. The largest absolute Gasteiger partial charge is 0.462 e. The van der Waals surface area contributed by atoms with Crippen LogP contribution in [0.5, 0.6) is 0 Å². The van der Waals surface area contributed by atoms with Crippen LogP contribution in [0.15, 0.2) is 24.3 Å². The molecule has 86 valence electrons. The van der Waals surface area contributed by atoms with Crippen molar-refractivity contribution in [1.82, 2.24) is 0 Å². The molecule has 0 spiro atoms. The predicted octanol–water partition coefficient (Wildman–Crippen LogP) is 2.04. The number of benzene rings is 1. The standard InChI is InChI=1S/C11H13NO4/c1-3-16-10(13)8-6-4-5-7-9(8)12-11(14)15-2/h4-7H,3H2,1-2H3,(H,12,14). The zero-order valence-electron chi connectivity index (χ0n) is 9.15. The second kappa shape index (κ2) is 5.75. The number of hydrogen-bond acceptors (Lipinski definition) is 4. The highest BCUT2D eigenvalue weighted by Crippen LogP contribution is 2.16. The second-order valence-electron chi connectivity index (χ2n) is 2.88. The smallest absolute Gasteiger partial charge is 0.411 e. The highest BCUT2D eigenvalue weighted by Gasteiger charge is 2.13. The lowest BCUT2D eigenvalue weighted by atomic mass is 10.2. The molecule has 0 bridgehead atoms. The molecule has 5 heteroatoms. The Morgan fingerprint density at radius 3 is 2.62 bits per heavy atom. The number of anilines is 1. The van der Waals surface area contributed by atoms with Crippen LogP contribution in [0, 0.1) is 0 Å². The Kier molecular flexibility index (Phi) is 4.32. The number of carbonyl (C=O) groups excluding carboxylic acids is 2. The number of nitrogens with one attached hydrogen (secondary N) is 1. The van der Waals surface area contributed by atoms with Crippen molar-refractivity contribution in [2.24, 2.45) is 0 Å². The monoisotopic (exact) mass is 223 g/mol. The summed E-state index contributed by atoms with van der Waals surface area (Å²) >= 11 is 0. The van der Waals surface area contributed by atoms with Gasteiger partial charge in [-0.15, -0.1) is 0 Å². The molecule has 0 aliphatic rings. The maximum absolute atomic E-state index is 11.5. The first-order valence-corrected chi connectivity index (χ1v) is 4.80. The normalized spacial score (nSPS) is 9.38.